The van der Waals surface area contributed by atoms with Gasteiger partial charge in [0, 0.05) is 18.8 Å². The number of ether oxygens (including phenoxy) is 2. The average molecular weight is 392 g/mol. The molecule has 2 heterocycles. The van der Waals surface area contributed by atoms with Crippen molar-refractivity contribution in [2.75, 3.05) is 18.9 Å². The fourth-order valence-electron chi connectivity index (χ4n) is 2.75. The topological polar surface area (TPSA) is 104 Å². The lowest BCUT2D eigenvalue weighted by Crippen LogP contribution is -2.25. The van der Waals surface area contributed by atoms with E-state index in [-0.39, 0.29) is 16.0 Å². The van der Waals surface area contributed by atoms with E-state index in [9.17, 15) is 13.2 Å². The minimum Gasteiger partial charge on any atom is -0.493 e. The summed E-state index contributed by atoms with van der Waals surface area (Å²) in [7, 11) is -0.958. The molecule has 0 aliphatic carbocycles. The summed E-state index contributed by atoms with van der Waals surface area (Å²) in [5.74, 6) is 1.39. The number of nitrogens with one attached hydrogen (secondary N) is 1. The summed E-state index contributed by atoms with van der Waals surface area (Å²) in [6.07, 6.45) is 1.38. The molecule has 1 aromatic carbocycles. The summed E-state index contributed by atoms with van der Waals surface area (Å²) in [5, 5.41) is 4.16. The number of hydrogen-bond donors (Lipinski definition) is 1. The Labute approximate surface area is 156 Å². The van der Waals surface area contributed by atoms with Crippen LogP contribution in [0, 0.1) is 6.92 Å². The molecule has 1 N–H and O–H groups in total. The van der Waals surface area contributed by atoms with Crippen LogP contribution in [0.3, 0.4) is 0 Å². The van der Waals surface area contributed by atoms with Gasteiger partial charge in [-0.05, 0) is 32.0 Å². The molecule has 0 atom stereocenters. The van der Waals surface area contributed by atoms with Crippen molar-refractivity contribution in [3.05, 3.63) is 46.6 Å². The highest BCUT2D eigenvalue weighted by molar-refractivity contribution is 7.92. The summed E-state index contributed by atoms with van der Waals surface area (Å²) in [4.78, 5) is 12.4. The van der Waals surface area contributed by atoms with Gasteiger partial charge in [-0.25, -0.2) is 13.1 Å². The van der Waals surface area contributed by atoms with Crippen molar-refractivity contribution in [1.82, 2.24) is 14.2 Å². The van der Waals surface area contributed by atoms with Crippen molar-refractivity contribution in [2.24, 2.45) is 0 Å². The van der Waals surface area contributed by atoms with E-state index in [0.29, 0.717) is 29.6 Å². The highest BCUT2D eigenvalue weighted by atomic mass is 32.2. The molecule has 144 valence electrons. The lowest BCUT2D eigenvalue weighted by Gasteiger charge is -2.11. The van der Waals surface area contributed by atoms with Gasteiger partial charge in [-0.3, -0.25) is 13.9 Å². The number of nitrogens with zero attached hydrogens (tertiary/aromatic N) is 3. The highest BCUT2D eigenvalue weighted by Gasteiger charge is 2.20. The molecule has 0 bridgehead atoms. The molecule has 0 saturated carbocycles. The largest absolute Gasteiger partial charge is 0.493 e. The van der Waals surface area contributed by atoms with E-state index in [2.05, 4.69) is 9.82 Å². The van der Waals surface area contributed by atoms with Crippen LogP contribution in [0.25, 0.3) is 5.52 Å². The van der Waals surface area contributed by atoms with Crippen LogP contribution in [-0.4, -0.2) is 36.8 Å². The first-order valence-corrected chi connectivity index (χ1v) is 9.63. The summed E-state index contributed by atoms with van der Waals surface area (Å²) in [6, 6.07) is 6.02. The molecule has 3 rings (SSSR count). The fraction of sp³-hybridized carbons (Fsp3) is 0.294. The standard InChI is InChI=1S/C17H20N4O5S/c1-5-21-17(22)14-9-13(10-20(14)11(2)18-21)27(23,24)19-12-6-7-15(25-3)16(8-12)26-4/h6-10,19H,5H2,1-4H3. The van der Waals surface area contributed by atoms with Crippen molar-refractivity contribution in [2.45, 2.75) is 25.3 Å². The van der Waals surface area contributed by atoms with Gasteiger partial charge in [0.25, 0.3) is 15.6 Å². The van der Waals surface area contributed by atoms with Crippen molar-refractivity contribution in [3.8, 4) is 11.5 Å². The quantitative estimate of drug-likeness (QED) is 0.684. The Kier molecular flexibility index (Phi) is 4.83. The van der Waals surface area contributed by atoms with Crippen LogP contribution >= 0.6 is 0 Å². The molecule has 0 fully saturated rings. The fourth-order valence-corrected chi connectivity index (χ4v) is 3.81. The Bertz CT molecular complexity index is 1160. The van der Waals surface area contributed by atoms with Gasteiger partial charge < -0.3 is 9.47 Å². The van der Waals surface area contributed by atoms with Gasteiger partial charge in [0.15, 0.2) is 11.5 Å². The van der Waals surface area contributed by atoms with Gasteiger partial charge in [0.2, 0.25) is 0 Å². The van der Waals surface area contributed by atoms with Crippen LogP contribution in [0.1, 0.15) is 12.7 Å². The lowest BCUT2D eigenvalue weighted by atomic mass is 10.3. The first-order valence-electron chi connectivity index (χ1n) is 8.15. The second-order valence-corrected chi connectivity index (χ2v) is 7.46. The molecular weight excluding hydrogens is 372 g/mol. The Morgan fingerprint density at radius 1 is 1.15 bits per heavy atom. The second kappa shape index (κ2) is 6.95. The smallest absolute Gasteiger partial charge is 0.291 e. The zero-order chi connectivity index (χ0) is 19.8. The maximum atomic E-state index is 12.8. The molecule has 0 spiro atoms. The van der Waals surface area contributed by atoms with E-state index >= 15 is 0 Å². The molecule has 3 aromatic rings. The number of rotatable bonds is 6. The first-order chi connectivity index (χ1) is 12.8. The van der Waals surface area contributed by atoms with Gasteiger partial charge in [-0.1, -0.05) is 0 Å². The molecule has 0 aliphatic heterocycles. The minimum atomic E-state index is -3.92. The summed E-state index contributed by atoms with van der Waals surface area (Å²) in [6.45, 7) is 3.90. The summed E-state index contributed by atoms with van der Waals surface area (Å²) < 4.78 is 41.1. The normalized spacial score (nSPS) is 11.6. The van der Waals surface area contributed by atoms with Crippen LogP contribution in [-0.2, 0) is 16.6 Å². The Morgan fingerprint density at radius 3 is 2.48 bits per heavy atom. The van der Waals surface area contributed by atoms with Gasteiger partial charge in [0.1, 0.15) is 16.2 Å². The molecule has 10 heteroatoms. The third kappa shape index (κ3) is 3.35. The van der Waals surface area contributed by atoms with Crippen LogP contribution in [0.5, 0.6) is 11.5 Å². The molecule has 2 aromatic heterocycles. The monoisotopic (exact) mass is 392 g/mol. The minimum absolute atomic E-state index is 0.0341. The molecule has 0 radical (unpaired) electrons. The van der Waals surface area contributed by atoms with Crippen molar-refractivity contribution >= 4 is 21.2 Å². The Hall–Kier alpha value is -3.01. The zero-order valence-electron chi connectivity index (χ0n) is 15.4. The highest BCUT2D eigenvalue weighted by Crippen LogP contribution is 2.30. The van der Waals surface area contributed by atoms with Gasteiger partial charge >= 0.3 is 0 Å². The Balaban J connectivity index is 2.04. The molecule has 0 saturated heterocycles. The van der Waals surface area contributed by atoms with Gasteiger partial charge in [-0.2, -0.15) is 5.10 Å². The van der Waals surface area contributed by atoms with Crippen LogP contribution in [0.4, 0.5) is 5.69 Å². The second-order valence-electron chi connectivity index (χ2n) is 5.77. The third-order valence-electron chi connectivity index (χ3n) is 4.11. The summed E-state index contributed by atoms with van der Waals surface area (Å²) >= 11 is 0. The first kappa shape index (κ1) is 18.8. The van der Waals surface area contributed by atoms with E-state index in [1.165, 1.54) is 41.6 Å². The molecule has 0 unspecified atom stereocenters. The van der Waals surface area contributed by atoms with E-state index in [0.717, 1.165) is 0 Å². The zero-order valence-corrected chi connectivity index (χ0v) is 16.2. The number of sulfonamides is 1. The van der Waals surface area contributed by atoms with Gasteiger partial charge in [0.05, 0.1) is 19.9 Å². The number of fused-ring (bicyclic) bond motifs is 1. The van der Waals surface area contributed by atoms with Crippen LogP contribution in [0.2, 0.25) is 0 Å². The maximum absolute atomic E-state index is 12.8. The average Bonchev–Trinajstić information content (AvgIpc) is 3.11. The number of methoxy groups -OCH3 is 2. The van der Waals surface area contributed by atoms with E-state index in [4.69, 9.17) is 9.47 Å². The number of benzene rings is 1. The lowest BCUT2D eigenvalue weighted by molar-refractivity contribution is 0.355. The van der Waals surface area contributed by atoms with E-state index in [1.54, 1.807) is 26.0 Å². The predicted molar refractivity (Wildman–Crippen MR) is 100 cm³/mol. The van der Waals surface area contributed by atoms with Crippen LogP contribution in [0.15, 0.2) is 40.2 Å². The predicted octanol–water partition coefficient (Wildman–Crippen LogP) is 1.64. The molecule has 9 nitrogen and oxygen atoms in total. The van der Waals surface area contributed by atoms with Crippen molar-refractivity contribution in [3.63, 3.8) is 0 Å². The van der Waals surface area contributed by atoms with Crippen molar-refractivity contribution in [1.29, 1.82) is 0 Å². The van der Waals surface area contributed by atoms with Crippen LogP contribution < -0.4 is 19.8 Å². The van der Waals surface area contributed by atoms with Crippen molar-refractivity contribution < 1.29 is 17.9 Å². The van der Waals surface area contributed by atoms with Gasteiger partial charge in [-0.15, -0.1) is 0 Å². The maximum Gasteiger partial charge on any atom is 0.291 e. The van der Waals surface area contributed by atoms with E-state index < -0.39 is 10.0 Å². The number of hydrogen-bond acceptors (Lipinski definition) is 6. The molecular formula is C17H20N4O5S. The van der Waals surface area contributed by atoms with E-state index in [1.807, 2.05) is 0 Å². The summed E-state index contributed by atoms with van der Waals surface area (Å²) in [5.41, 5.74) is 0.205. The SMILES string of the molecule is CCn1nc(C)n2cc(S(=O)(=O)Nc3ccc(OC)c(OC)c3)cc2c1=O. The number of anilines is 1. The molecule has 0 amide bonds. The number of aromatic nitrogens is 3. The third-order valence-corrected chi connectivity index (χ3v) is 5.46. The molecule has 0 aliphatic rings. The Morgan fingerprint density at radius 2 is 1.85 bits per heavy atom. The molecule has 27 heavy (non-hydrogen) atoms. The number of aryl methyl sites for hydroxylation is 2.